The summed E-state index contributed by atoms with van der Waals surface area (Å²) in [6.45, 7) is 5.86. The van der Waals surface area contributed by atoms with Gasteiger partial charge in [-0.3, -0.25) is 4.79 Å². The van der Waals surface area contributed by atoms with Crippen LogP contribution in [0.2, 0.25) is 0 Å². The van der Waals surface area contributed by atoms with Crippen LogP contribution in [-0.4, -0.2) is 29.1 Å². The largest absolute Gasteiger partial charge is 0.373 e. The van der Waals surface area contributed by atoms with Crippen molar-refractivity contribution in [3.8, 4) is 0 Å². The molecule has 1 aromatic heterocycles. The molecule has 1 unspecified atom stereocenters. The highest BCUT2D eigenvalue weighted by molar-refractivity contribution is 7.80. The van der Waals surface area contributed by atoms with E-state index in [4.69, 9.17) is 0 Å². The van der Waals surface area contributed by atoms with Crippen molar-refractivity contribution in [2.45, 2.75) is 39.7 Å². The van der Waals surface area contributed by atoms with Gasteiger partial charge in [-0.15, -0.1) is 0 Å². The van der Waals surface area contributed by atoms with Gasteiger partial charge in [0.25, 0.3) is 5.56 Å². The van der Waals surface area contributed by atoms with Crippen molar-refractivity contribution in [3.63, 3.8) is 0 Å². The predicted octanol–water partition coefficient (Wildman–Crippen LogP) is 2.44. The minimum absolute atomic E-state index is 0.0247. The van der Waals surface area contributed by atoms with E-state index in [-0.39, 0.29) is 5.56 Å². The number of hydrogen-bond donors (Lipinski definition) is 1. The van der Waals surface area contributed by atoms with Crippen LogP contribution in [0.4, 0.5) is 5.69 Å². The van der Waals surface area contributed by atoms with Crippen LogP contribution in [0, 0.1) is 5.92 Å². The second-order valence-corrected chi connectivity index (χ2v) is 5.36. The molecule has 5 heteroatoms. The van der Waals surface area contributed by atoms with Gasteiger partial charge in [-0.2, -0.15) is 17.7 Å². The molecule has 0 aliphatic rings. The lowest BCUT2D eigenvalue weighted by atomic mass is 10.1. The molecule has 0 spiro atoms. The van der Waals surface area contributed by atoms with Crippen LogP contribution in [0.1, 0.15) is 33.1 Å². The van der Waals surface area contributed by atoms with E-state index < -0.39 is 0 Å². The summed E-state index contributed by atoms with van der Waals surface area (Å²) in [6, 6.07) is 1.67. The van der Waals surface area contributed by atoms with Gasteiger partial charge in [-0.05, 0) is 24.5 Å². The maximum absolute atomic E-state index is 12.1. The zero-order valence-electron chi connectivity index (χ0n) is 12.2. The summed E-state index contributed by atoms with van der Waals surface area (Å²) in [5, 5.41) is 4.28. The molecule has 0 radical (unpaired) electrons. The van der Waals surface area contributed by atoms with Crippen LogP contribution < -0.4 is 10.5 Å². The van der Waals surface area contributed by atoms with Gasteiger partial charge in [0.1, 0.15) is 0 Å². The van der Waals surface area contributed by atoms with E-state index >= 15 is 0 Å². The van der Waals surface area contributed by atoms with Gasteiger partial charge in [-0.25, -0.2) is 4.68 Å². The Balaban J connectivity index is 2.79. The van der Waals surface area contributed by atoms with Crippen molar-refractivity contribution in [3.05, 3.63) is 22.6 Å². The third-order valence-corrected chi connectivity index (χ3v) is 3.76. The Labute approximate surface area is 121 Å². The van der Waals surface area contributed by atoms with Gasteiger partial charge in [0, 0.05) is 26.2 Å². The fourth-order valence-corrected chi connectivity index (χ4v) is 2.43. The highest BCUT2D eigenvalue weighted by atomic mass is 32.1. The van der Waals surface area contributed by atoms with Crippen molar-refractivity contribution in [1.82, 2.24) is 9.78 Å². The summed E-state index contributed by atoms with van der Waals surface area (Å²) < 4.78 is 1.56. The van der Waals surface area contributed by atoms with E-state index in [9.17, 15) is 4.79 Å². The SMILES string of the molecule is CCCC(CS)Cn1ncc(N(C)CCC)cc1=O. The molecule has 1 rings (SSSR count). The Kier molecular flexibility index (Phi) is 6.99. The van der Waals surface area contributed by atoms with Crippen LogP contribution in [0.15, 0.2) is 17.1 Å². The van der Waals surface area contributed by atoms with Crippen LogP contribution in [0.5, 0.6) is 0 Å². The van der Waals surface area contributed by atoms with Gasteiger partial charge < -0.3 is 4.90 Å². The first-order chi connectivity index (χ1) is 9.12. The summed E-state index contributed by atoms with van der Waals surface area (Å²) in [5.41, 5.74) is 0.865. The lowest BCUT2D eigenvalue weighted by Crippen LogP contribution is -2.28. The molecule has 0 bridgehead atoms. The molecule has 0 saturated carbocycles. The number of rotatable bonds is 8. The third kappa shape index (κ3) is 4.90. The molecular formula is C14H25N3OS. The second-order valence-electron chi connectivity index (χ2n) is 4.99. The van der Waals surface area contributed by atoms with E-state index in [1.165, 1.54) is 0 Å². The predicted molar refractivity (Wildman–Crippen MR) is 84.3 cm³/mol. The molecule has 0 aliphatic heterocycles. The lowest BCUT2D eigenvalue weighted by molar-refractivity contribution is 0.414. The average Bonchev–Trinajstić information content (AvgIpc) is 2.40. The fraction of sp³-hybridized carbons (Fsp3) is 0.714. The zero-order chi connectivity index (χ0) is 14.3. The number of hydrogen-bond acceptors (Lipinski definition) is 4. The maximum Gasteiger partial charge on any atom is 0.268 e. The highest BCUT2D eigenvalue weighted by Gasteiger charge is 2.10. The van der Waals surface area contributed by atoms with E-state index in [0.717, 1.165) is 37.2 Å². The van der Waals surface area contributed by atoms with Gasteiger partial charge in [0.05, 0.1) is 11.9 Å². The van der Waals surface area contributed by atoms with E-state index in [2.05, 4.69) is 36.5 Å². The molecule has 0 N–H and O–H groups in total. The number of thiol groups is 1. The zero-order valence-corrected chi connectivity index (χ0v) is 13.1. The molecular weight excluding hydrogens is 258 g/mol. The minimum atomic E-state index is -0.0247. The molecule has 0 saturated heterocycles. The van der Waals surface area contributed by atoms with E-state index in [0.29, 0.717) is 12.5 Å². The summed E-state index contributed by atoms with van der Waals surface area (Å²) in [5.74, 6) is 1.21. The van der Waals surface area contributed by atoms with Crippen molar-refractivity contribution < 1.29 is 0 Å². The smallest absolute Gasteiger partial charge is 0.268 e. The molecule has 1 atom stereocenters. The molecule has 0 fully saturated rings. The summed E-state index contributed by atoms with van der Waals surface area (Å²) in [6.07, 6.45) is 5.02. The molecule has 19 heavy (non-hydrogen) atoms. The average molecular weight is 283 g/mol. The first-order valence-electron chi connectivity index (χ1n) is 7.01. The molecule has 0 aromatic carbocycles. The van der Waals surface area contributed by atoms with Crippen molar-refractivity contribution in [1.29, 1.82) is 0 Å². The third-order valence-electron chi connectivity index (χ3n) is 3.24. The van der Waals surface area contributed by atoms with Gasteiger partial charge in [-0.1, -0.05) is 20.3 Å². The summed E-state index contributed by atoms with van der Waals surface area (Å²) >= 11 is 4.34. The summed E-state index contributed by atoms with van der Waals surface area (Å²) in [4.78, 5) is 14.1. The monoisotopic (exact) mass is 283 g/mol. The Bertz CT molecular complexity index is 433. The first-order valence-corrected chi connectivity index (χ1v) is 7.64. The number of anilines is 1. The first kappa shape index (κ1) is 16.1. The standard InChI is InChI=1S/C14H25N3OS/c1-4-6-12(11-19)10-17-14(18)8-13(9-15-17)16(3)7-5-2/h8-9,12,19H,4-7,10-11H2,1-3H3. The Morgan fingerprint density at radius 3 is 2.68 bits per heavy atom. The van der Waals surface area contributed by atoms with E-state index in [1.807, 2.05) is 7.05 Å². The van der Waals surface area contributed by atoms with Gasteiger partial charge in [0.2, 0.25) is 0 Å². The molecule has 108 valence electrons. The molecule has 1 aromatic rings. The maximum atomic E-state index is 12.1. The molecule has 0 amide bonds. The Morgan fingerprint density at radius 2 is 2.16 bits per heavy atom. The fourth-order valence-electron chi connectivity index (χ4n) is 2.13. The quantitative estimate of drug-likeness (QED) is 0.745. The van der Waals surface area contributed by atoms with Crippen LogP contribution in [-0.2, 0) is 6.54 Å². The molecule has 1 heterocycles. The number of nitrogens with zero attached hydrogens (tertiary/aromatic N) is 3. The van der Waals surface area contributed by atoms with Crippen LogP contribution in [0.3, 0.4) is 0 Å². The Hall–Kier alpha value is -0.970. The molecule has 4 nitrogen and oxygen atoms in total. The highest BCUT2D eigenvalue weighted by Crippen LogP contribution is 2.11. The van der Waals surface area contributed by atoms with Gasteiger partial charge in [0.15, 0.2) is 0 Å². The van der Waals surface area contributed by atoms with Gasteiger partial charge >= 0.3 is 0 Å². The number of aromatic nitrogens is 2. The normalized spacial score (nSPS) is 12.4. The lowest BCUT2D eigenvalue weighted by Gasteiger charge is -2.19. The van der Waals surface area contributed by atoms with Crippen molar-refractivity contribution in [2.24, 2.45) is 5.92 Å². The summed E-state index contributed by atoms with van der Waals surface area (Å²) in [7, 11) is 1.98. The van der Waals surface area contributed by atoms with Crippen molar-refractivity contribution in [2.75, 3.05) is 24.2 Å². The Morgan fingerprint density at radius 1 is 1.42 bits per heavy atom. The van der Waals surface area contributed by atoms with Crippen molar-refractivity contribution >= 4 is 18.3 Å². The molecule has 0 aliphatic carbocycles. The van der Waals surface area contributed by atoms with Crippen LogP contribution in [0.25, 0.3) is 0 Å². The second kappa shape index (κ2) is 8.25. The minimum Gasteiger partial charge on any atom is -0.373 e. The van der Waals surface area contributed by atoms with Crippen LogP contribution >= 0.6 is 12.6 Å². The topological polar surface area (TPSA) is 38.1 Å². The van der Waals surface area contributed by atoms with E-state index in [1.54, 1.807) is 16.9 Å².